The number of esters is 1. The Morgan fingerprint density at radius 1 is 1.26 bits per heavy atom. The van der Waals surface area contributed by atoms with Gasteiger partial charge in [0, 0.05) is 32.3 Å². The molecule has 2 aromatic rings. The molecule has 2 heterocycles. The number of carbonyl (C=O) groups excluding carboxylic acids is 1. The third-order valence-electron chi connectivity index (χ3n) is 4.95. The van der Waals surface area contributed by atoms with Gasteiger partial charge in [-0.1, -0.05) is 30.3 Å². The SMILES string of the molecule is COC(=O)c1cc(S(=O)(=O)N2C[C@@H](CN)[C@H](c3ccccc3)C2)cn1C.Cl. The van der Waals surface area contributed by atoms with Crippen LogP contribution in [0.1, 0.15) is 22.0 Å². The predicted molar refractivity (Wildman–Crippen MR) is 104 cm³/mol. The van der Waals surface area contributed by atoms with Crippen LogP contribution in [0.3, 0.4) is 0 Å². The van der Waals surface area contributed by atoms with Crippen LogP contribution in [0, 0.1) is 5.92 Å². The monoisotopic (exact) mass is 413 g/mol. The number of sulfonamides is 1. The Morgan fingerprint density at radius 2 is 1.93 bits per heavy atom. The number of nitrogens with zero attached hydrogens (tertiary/aromatic N) is 2. The maximum Gasteiger partial charge on any atom is 0.354 e. The van der Waals surface area contributed by atoms with Crippen LogP contribution in [0.5, 0.6) is 0 Å². The van der Waals surface area contributed by atoms with Gasteiger partial charge in [0.05, 0.1) is 7.11 Å². The Balaban J connectivity index is 0.00000261. The zero-order valence-corrected chi connectivity index (χ0v) is 16.9. The smallest absolute Gasteiger partial charge is 0.354 e. The number of aryl methyl sites for hydroxylation is 1. The summed E-state index contributed by atoms with van der Waals surface area (Å²) in [6, 6.07) is 11.2. The largest absolute Gasteiger partial charge is 0.464 e. The number of benzene rings is 1. The van der Waals surface area contributed by atoms with E-state index >= 15 is 0 Å². The van der Waals surface area contributed by atoms with Gasteiger partial charge >= 0.3 is 5.97 Å². The highest BCUT2D eigenvalue weighted by Crippen LogP contribution is 2.35. The first-order valence-corrected chi connectivity index (χ1v) is 9.82. The van der Waals surface area contributed by atoms with Gasteiger partial charge in [0.15, 0.2) is 0 Å². The average molecular weight is 414 g/mol. The molecule has 1 aliphatic heterocycles. The van der Waals surface area contributed by atoms with E-state index in [1.807, 2.05) is 30.3 Å². The minimum absolute atomic E-state index is 0. The topological polar surface area (TPSA) is 94.6 Å². The van der Waals surface area contributed by atoms with Crippen LogP contribution in [-0.4, -0.2) is 50.0 Å². The second-order valence-electron chi connectivity index (χ2n) is 6.50. The molecular formula is C18H24ClN3O4S. The molecule has 27 heavy (non-hydrogen) atoms. The van der Waals surface area contributed by atoms with E-state index in [2.05, 4.69) is 0 Å². The van der Waals surface area contributed by atoms with Gasteiger partial charge in [-0.05, 0) is 24.1 Å². The van der Waals surface area contributed by atoms with E-state index in [1.54, 1.807) is 7.05 Å². The Kier molecular flexibility index (Phi) is 6.69. The number of nitrogens with two attached hydrogens (primary N) is 1. The molecule has 1 aromatic carbocycles. The summed E-state index contributed by atoms with van der Waals surface area (Å²) in [6.07, 6.45) is 1.44. The first-order chi connectivity index (χ1) is 12.4. The highest BCUT2D eigenvalue weighted by molar-refractivity contribution is 7.89. The van der Waals surface area contributed by atoms with Gasteiger partial charge in [0.2, 0.25) is 10.0 Å². The summed E-state index contributed by atoms with van der Waals surface area (Å²) < 4.78 is 33.8. The molecule has 9 heteroatoms. The molecule has 1 aromatic heterocycles. The molecule has 3 rings (SSSR count). The first kappa shape index (κ1) is 21.4. The summed E-state index contributed by atoms with van der Waals surface area (Å²) in [5.41, 5.74) is 7.19. The molecule has 1 saturated heterocycles. The van der Waals surface area contributed by atoms with Crippen LogP contribution in [-0.2, 0) is 21.8 Å². The highest BCUT2D eigenvalue weighted by atomic mass is 35.5. The number of methoxy groups -OCH3 is 1. The predicted octanol–water partition coefficient (Wildman–Crippen LogP) is 1.60. The fourth-order valence-electron chi connectivity index (χ4n) is 3.48. The molecule has 0 unspecified atom stereocenters. The van der Waals surface area contributed by atoms with Crippen LogP contribution in [0.4, 0.5) is 0 Å². The zero-order valence-electron chi connectivity index (χ0n) is 15.2. The normalized spacial score (nSPS) is 20.3. The number of rotatable bonds is 5. The molecule has 0 aliphatic carbocycles. The van der Waals surface area contributed by atoms with E-state index in [9.17, 15) is 13.2 Å². The Hall–Kier alpha value is -1.87. The van der Waals surface area contributed by atoms with Gasteiger partial charge in [-0.2, -0.15) is 4.31 Å². The van der Waals surface area contributed by atoms with Crippen LogP contribution in [0.2, 0.25) is 0 Å². The summed E-state index contributed by atoms with van der Waals surface area (Å²) in [5, 5.41) is 0. The fourth-order valence-corrected chi connectivity index (χ4v) is 5.07. The van der Waals surface area contributed by atoms with Crippen molar-refractivity contribution in [1.82, 2.24) is 8.87 Å². The van der Waals surface area contributed by atoms with E-state index < -0.39 is 16.0 Å². The van der Waals surface area contributed by atoms with Crippen molar-refractivity contribution in [3.63, 3.8) is 0 Å². The molecule has 1 aliphatic rings. The van der Waals surface area contributed by atoms with Crippen molar-refractivity contribution in [1.29, 1.82) is 0 Å². The minimum atomic E-state index is -3.72. The van der Waals surface area contributed by atoms with Crippen molar-refractivity contribution < 1.29 is 17.9 Å². The zero-order chi connectivity index (χ0) is 18.9. The average Bonchev–Trinajstić information content (AvgIpc) is 3.26. The van der Waals surface area contributed by atoms with E-state index in [-0.39, 0.29) is 34.8 Å². The number of aromatic nitrogens is 1. The van der Waals surface area contributed by atoms with Gasteiger partial charge in [0.25, 0.3) is 0 Å². The van der Waals surface area contributed by atoms with Crippen molar-refractivity contribution in [2.24, 2.45) is 18.7 Å². The molecule has 0 amide bonds. The molecule has 148 valence electrons. The van der Waals surface area contributed by atoms with E-state index in [0.29, 0.717) is 19.6 Å². The molecule has 0 bridgehead atoms. The van der Waals surface area contributed by atoms with E-state index in [4.69, 9.17) is 10.5 Å². The van der Waals surface area contributed by atoms with E-state index in [0.717, 1.165) is 5.56 Å². The first-order valence-electron chi connectivity index (χ1n) is 8.38. The molecular weight excluding hydrogens is 390 g/mol. The summed E-state index contributed by atoms with van der Waals surface area (Å²) in [4.78, 5) is 11.9. The Bertz CT molecular complexity index is 899. The second-order valence-corrected chi connectivity index (χ2v) is 8.44. The lowest BCUT2D eigenvalue weighted by Gasteiger charge is -2.16. The Morgan fingerprint density at radius 3 is 2.52 bits per heavy atom. The fraction of sp³-hybridized carbons (Fsp3) is 0.389. The summed E-state index contributed by atoms with van der Waals surface area (Å²) in [7, 11) is -0.837. The standard InChI is InChI=1S/C18H23N3O4S.ClH/c1-20-11-15(8-17(20)18(22)25-2)26(23,24)21-10-14(9-19)16(12-21)13-6-4-3-5-7-13;/h3-8,11,14,16H,9-10,12,19H2,1-2H3;1H/t14-,16+;/m1./s1. The van der Waals surface area contributed by atoms with E-state index in [1.165, 1.54) is 28.2 Å². The van der Waals surface area contributed by atoms with Crippen LogP contribution >= 0.6 is 12.4 Å². The van der Waals surface area contributed by atoms with Crippen molar-refractivity contribution in [2.75, 3.05) is 26.7 Å². The molecule has 1 fully saturated rings. The number of hydrogen-bond donors (Lipinski definition) is 1. The third kappa shape index (κ3) is 4.03. The lowest BCUT2D eigenvalue weighted by atomic mass is 9.89. The van der Waals surface area contributed by atoms with Crippen LogP contribution in [0.15, 0.2) is 47.5 Å². The van der Waals surface area contributed by atoms with Crippen molar-refractivity contribution in [3.8, 4) is 0 Å². The Labute approximate surface area is 165 Å². The van der Waals surface area contributed by atoms with Gasteiger partial charge < -0.3 is 15.0 Å². The quantitative estimate of drug-likeness (QED) is 0.751. The number of ether oxygens (including phenoxy) is 1. The lowest BCUT2D eigenvalue weighted by molar-refractivity contribution is 0.0590. The maximum absolute atomic E-state index is 13.1. The van der Waals surface area contributed by atoms with Gasteiger partial charge in [-0.3, -0.25) is 0 Å². The summed E-state index contributed by atoms with van der Waals surface area (Å²) >= 11 is 0. The summed E-state index contributed by atoms with van der Waals surface area (Å²) in [6.45, 7) is 1.14. The molecule has 0 radical (unpaired) electrons. The van der Waals surface area contributed by atoms with Gasteiger partial charge in [0.1, 0.15) is 10.6 Å². The van der Waals surface area contributed by atoms with Crippen molar-refractivity contribution in [3.05, 3.63) is 53.9 Å². The van der Waals surface area contributed by atoms with Gasteiger partial charge in [-0.15, -0.1) is 12.4 Å². The van der Waals surface area contributed by atoms with Gasteiger partial charge in [-0.25, -0.2) is 13.2 Å². The van der Waals surface area contributed by atoms with Crippen LogP contribution < -0.4 is 5.73 Å². The molecule has 0 saturated carbocycles. The molecule has 2 atom stereocenters. The maximum atomic E-state index is 13.1. The minimum Gasteiger partial charge on any atom is -0.464 e. The molecule has 2 N–H and O–H groups in total. The number of carbonyl (C=O) groups is 1. The van der Waals surface area contributed by atoms with Crippen molar-refractivity contribution in [2.45, 2.75) is 10.8 Å². The number of halogens is 1. The highest BCUT2D eigenvalue weighted by Gasteiger charge is 2.40. The molecule has 7 nitrogen and oxygen atoms in total. The lowest BCUT2D eigenvalue weighted by Crippen LogP contribution is -2.29. The third-order valence-corrected chi connectivity index (χ3v) is 6.75. The number of hydrogen-bond acceptors (Lipinski definition) is 5. The summed E-state index contributed by atoms with van der Waals surface area (Å²) in [5.74, 6) is -0.465. The van der Waals surface area contributed by atoms with Crippen LogP contribution in [0.25, 0.3) is 0 Å². The second kappa shape index (κ2) is 8.43. The molecule has 0 spiro atoms. The van der Waals surface area contributed by atoms with Crippen molar-refractivity contribution >= 4 is 28.4 Å².